The van der Waals surface area contributed by atoms with Gasteiger partial charge in [-0.05, 0) is 13.8 Å². The maximum absolute atomic E-state index is 11.2. The fourth-order valence-electron chi connectivity index (χ4n) is 0.966. The highest BCUT2D eigenvalue weighted by Crippen LogP contribution is 2.15. The van der Waals surface area contributed by atoms with E-state index < -0.39 is 5.60 Å². The Morgan fingerprint density at radius 1 is 1.82 bits per heavy atom. The number of rotatable bonds is 2. The van der Waals surface area contributed by atoms with E-state index in [0.29, 0.717) is 19.9 Å². The molecule has 0 aromatic rings. The van der Waals surface area contributed by atoms with E-state index in [1.807, 2.05) is 0 Å². The van der Waals surface area contributed by atoms with Crippen LogP contribution in [0, 0.1) is 0 Å². The lowest BCUT2D eigenvalue weighted by molar-refractivity contribution is -0.163. The third-order valence-corrected chi connectivity index (χ3v) is 1.66. The maximum Gasteiger partial charge on any atom is 0.339 e. The lowest BCUT2D eigenvalue weighted by atomic mass is 10.1. The van der Waals surface area contributed by atoms with Crippen molar-refractivity contribution in [1.29, 1.82) is 0 Å². The van der Waals surface area contributed by atoms with Crippen LogP contribution in [0.3, 0.4) is 0 Å². The topological polar surface area (TPSA) is 47.6 Å². The van der Waals surface area contributed by atoms with Gasteiger partial charge in [-0.2, -0.15) is 0 Å². The Kier molecular flexibility index (Phi) is 2.46. The van der Waals surface area contributed by atoms with E-state index in [2.05, 4.69) is 5.32 Å². The van der Waals surface area contributed by atoms with Crippen LogP contribution >= 0.6 is 0 Å². The molecule has 0 bridgehead atoms. The summed E-state index contributed by atoms with van der Waals surface area (Å²) in [5, 5.41) is 2.93. The van der Waals surface area contributed by atoms with Gasteiger partial charge in [0.05, 0.1) is 13.3 Å². The van der Waals surface area contributed by atoms with E-state index in [4.69, 9.17) is 9.47 Å². The van der Waals surface area contributed by atoms with Crippen molar-refractivity contribution >= 4 is 5.97 Å². The summed E-state index contributed by atoms with van der Waals surface area (Å²) < 4.78 is 9.99. The van der Waals surface area contributed by atoms with Gasteiger partial charge in [0.1, 0.15) is 0 Å². The highest BCUT2D eigenvalue weighted by Gasteiger charge is 2.39. The second-order valence-electron chi connectivity index (χ2n) is 2.67. The Hall–Kier alpha value is -0.610. The molecule has 1 N–H and O–H groups in total. The molecular formula is C7H13NO3. The van der Waals surface area contributed by atoms with Crippen LogP contribution in [0.25, 0.3) is 0 Å². The third kappa shape index (κ3) is 1.70. The molecule has 1 rings (SSSR count). The van der Waals surface area contributed by atoms with Crippen molar-refractivity contribution in [3.8, 4) is 0 Å². The Bertz CT molecular complexity index is 152. The largest absolute Gasteiger partial charge is 0.464 e. The zero-order chi connectivity index (χ0) is 8.32. The third-order valence-electron chi connectivity index (χ3n) is 1.66. The first kappa shape index (κ1) is 8.49. The maximum atomic E-state index is 11.2. The van der Waals surface area contributed by atoms with Crippen molar-refractivity contribution in [2.45, 2.75) is 19.4 Å². The van der Waals surface area contributed by atoms with E-state index in [0.717, 1.165) is 0 Å². The normalized spacial score (nSPS) is 30.4. The number of carbonyl (C=O) groups excluding carboxylic acids is 1. The molecule has 1 aliphatic rings. The van der Waals surface area contributed by atoms with Crippen LogP contribution in [0.5, 0.6) is 0 Å². The number of carbonyl (C=O) groups is 1. The van der Waals surface area contributed by atoms with Crippen molar-refractivity contribution in [1.82, 2.24) is 5.32 Å². The van der Waals surface area contributed by atoms with Crippen molar-refractivity contribution in [2.75, 3.05) is 19.9 Å². The van der Waals surface area contributed by atoms with Gasteiger partial charge in [-0.25, -0.2) is 4.79 Å². The minimum atomic E-state index is -0.768. The molecule has 0 amide bonds. The van der Waals surface area contributed by atoms with Crippen LogP contribution in [0.1, 0.15) is 13.8 Å². The number of ether oxygens (including phenoxy) is 2. The molecule has 1 atom stereocenters. The van der Waals surface area contributed by atoms with Crippen LogP contribution in [0.2, 0.25) is 0 Å². The number of esters is 1. The van der Waals surface area contributed by atoms with Crippen LogP contribution in [0.4, 0.5) is 0 Å². The van der Waals surface area contributed by atoms with Gasteiger partial charge >= 0.3 is 5.97 Å². The molecule has 0 aromatic carbocycles. The van der Waals surface area contributed by atoms with E-state index in [1.54, 1.807) is 13.8 Å². The molecule has 1 saturated heterocycles. The summed E-state index contributed by atoms with van der Waals surface area (Å²) in [7, 11) is 0. The summed E-state index contributed by atoms with van der Waals surface area (Å²) in [6, 6.07) is 0. The predicted molar refractivity (Wildman–Crippen MR) is 39.0 cm³/mol. The minimum Gasteiger partial charge on any atom is -0.464 e. The van der Waals surface area contributed by atoms with Gasteiger partial charge in [-0.15, -0.1) is 0 Å². The molecule has 0 radical (unpaired) electrons. The molecule has 64 valence electrons. The zero-order valence-corrected chi connectivity index (χ0v) is 6.85. The predicted octanol–water partition coefficient (Wildman–Crippen LogP) is -0.114. The first-order valence-corrected chi connectivity index (χ1v) is 3.71. The Morgan fingerprint density at radius 2 is 2.55 bits per heavy atom. The number of nitrogens with one attached hydrogen (secondary N) is 1. The summed E-state index contributed by atoms with van der Waals surface area (Å²) in [5.74, 6) is -0.287. The molecule has 0 aromatic heterocycles. The van der Waals surface area contributed by atoms with Gasteiger partial charge in [0, 0.05) is 6.54 Å². The fraction of sp³-hybridized carbons (Fsp3) is 0.857. The van der Waals surface area contributed by atoms with E-state index in [1.165, 1.54) is 0 Å². The highest BCUT2D eigenvalue weighted by molar-refractivity contribution is 5.79. The SMILES string of the molecule is CCOC(=O)[C@@]1(C)CNCO1. The van der Waals surface area contributed by atoms with E-state index in [9.17, 15) is 4.79 Å². The van der Waals surface area contributed by atoms with Gasteiger partial charge in [-0.1, -0.05) is 0 Å². The van der Waals surface area contributed by atoms with E-state index in [-0.39, 0.29) is 5.97 Å². The Balaban J connectivity index is 2.49. The molecular weight excluding hydrogens is 146 g/mol. The zero-order valence-electron chi connectivity index (χ0n) is 6.85. The van der Waals surface area contributed by atoms with Gasteiger partial charge in [-0.3, -0.25) is 5.32 Å². The summed E-state index contributed by atoms with van der Waals surface area (Å²) in [6.07, 6.45) is 0. The minimum absolute atomic E-state index is 0.287. The van der Waals surface area contributed by atoms with Crippen molar-refractivity contribution in [2.24, 2.45) is 0 Å². The van der Waals surface area contributed by atoms with Crippen LogP contribution in [-0.4, -0.2) is 31.5 Å². The second kappa shape index (κ2) is 3.19. The van der Waals surface area contributed by atoms with Gasteiger partial charge in [0.25, 0.3) is 0 Å². The number of hydrogen-bond acceptors (Lipinski definition) is 4. The molecule has 11 heavy (non-hydrogen) atoms. The van der Waals surface area contributed by atoms with Gasteiger partial charge in [0.15, 0.2) is 5.60 Å². The average Bonchev–Trinajstić information content (AvgIpc) is 2.38. The lowest BCUT2D eigenvalue weighted by Crippen LogP contribution is -2.40. The smallest absolute Gasteiger partial charge is 0.339 e. The van der Waals surface area contributed by atoms with E-state index >= 15 is 0 Å². The quantitative estimate of drug-likeness (QED) is 0.571. The molecule has 1 fully saturated rings. The van der Waals surface area contributed by atoms with Gasteiger partial charge in [0.2, 0.25) is 0 Å². The molecule has 1 aliphatic heterocycles. The molecule has 0 saturated carbocycles. The molecule has 0 unspecified atom stereocenters. The molecule has 4 heteroatoms. The second-order valence-corrected chi connectivity index (χ2v) is 2.67. The monoisotopic (exact) mass is 159 g/mol. The van der Waals surface area contributed by atoms with Crippen molar-refractivity contribution < 1.29 is 14.3 Å². The first-order chi connectivity index (χ1) is 5.19. The van der Waals surface area contributed by atoms with Crippen molar-refractivity contribution in [3.05, 3.63) is 0 Å². The summed E-state index contributed by atoms with van der Waals surface area (Å²) in [4.78, 5) is 11.2. The molecule has 0 spiro atoms. The molecule has 0 aliphatic carbocycles. The summed E-state index contributed by atoms with van der Waals surface area (Å²) in [5.41, 5.74) is -0.768. The fourth-order valence-corrected chi connectivity index (χ4v) is 0.966. The van der Waals surface area contributed by atoms with Crippen LogP contribution in [-0.2, 0) is 14.3 Å². The molecule has 1 heterocycles. The van der Waals surface area contributed by atoms with Crippen LogP contribution < -0.4 is 5.32 Å². The standard InChI is InChI=1S/C7H13NO3/c1-3-10-6(9)7(2)4-8-5-11-7/h8H,3-5H2,1-2H3/t7-/m1/s1. The summed E-state index contributed by atoms with van der Waals surface area (Å²) in [6.45, 7) is 4.87. The average molecular weight is 159 g/mol. The highest BCUT2D eigenvalue weighted by atomic mass is 16.6. The number of hydrogen-bond donors (Lipinski definition) is 1. The van der Waals surface area contributed by atoms with Crippen molar-refractivity contribution in [3.63, 3.8) is 0 Å². The van der Waals surface area contributed by atoms with Gasteiger partial charge < -0.3 is 9.47 Å². The van der Waals surface area contributed by atoms with Crippen LogP contribution in [0.15, 0.2) is 0 Å². The molecule has 4 nitrogen and oxygen atoms in total. The summed E-state index contributed by atoms with van der Waals surface area (Å²) >= 11 is 0. The Morgan fingerprint density at radius 3 is 3.00 bits per heavy atom. The first-order valence-electron chi connectivity index (χ1n) is 3.71. The lowest BCUT2D eigenvalue weighted by Gasteiger charge is -2.18. The Labute approximate surface area is 65.9 Å².